The molecule has 2 aromatic rings. The number of rotatable bonds is 3. The van der Waals surface area contributed by atoms with Gasteiger partial charge in [-0.1, -0.05) is 38.1 Å². The third-order valence-electron chi connectivity index (χ3n) is 3.30. The molecule has 0 fully saturated rings. The van der Waals surface area contributed by atoms with Crippen LogP contribution in [0, 0.1) is 6.92 Å². The standard InChI is InChI=1S/C16H20N2O/c1-10(2)13-5-7-14(8-6-13)16-17-9-15(12(4)19)11(3)18-16/h5-10,12,19H,1-4H3. The lowest BCUT2D eigenvalue weighted by atomic mass is 10.0. The molecule has 19 heavy (non-hydrogen) atoms. The summed E-state index contributed by atoms with van der Waals surface area (Å²) in [5.41, 5.74) is 3.92. The number of hydrogen-bond donors (Lipinski definition) is 1. The Hall–Kier alpha value is -1.74. The number of aryl methyl sites for hydroxylation is 1. The van der Waals surface area contributed by atoms with Crippen molar-refractivity contribution < 1.29 is 5.11 Å². The number of aliphatic hydroxyl groups is 1. The summed E-state index contributed by atoms with van der Waals surface area (Å²) in [5.74, 6) is 1.23. The number of aliphatic hydroxyl groups excluding tert-OH is 1. The van der Waals surface area contributed by atoms with Gasteiger partial charge in [-0.05, 0) is 25.3 Å². The van der Waals surface area contributed by atoms with E-state index in [1.807, 2.05) is 19.1 Å². The highest BCUT2D eigenvalue weighted by atomic mass is 16.3. The van der Waals surface area contributed by atoms with Gasteiger partial charge >= 0.3 is 0 Å². The Bertz CT molecular complexity index is 559. The van der Waals surface area contributed by atoms with Gasteiger partial charge in [0.25, 0.3) is 0 Å². The third kappa shape index (κ3) is 2.99. The van der Waals surface area contributed by atoms with Gasteiger partial charge in [-0.3, -0.25) is 0 Å². The molecule has 1 N–H and O–H groups in total. The lowest BCUT2D eigenvalue weighted by Gasteiger charge is -2.10. The summed E-state index contributed by atoms with van der Waals surface area (Å²) in [6.45, 7) is 7.97. The minimum atomic E-state index is -0.530. The van der Waals surface area contributed by atoms with Crippen LogP contribution in [0.5, 0.6) is 0 Å². The molecule has 0 aliphatic carbocycles. The molecule has 3 nitrogen and oxygen atoms in total. The van der Waals surface area contributed by atoms with E-state index in [1.54, 1.807) is 13.1 Å². The maximum atomic E-state index is 9.58. The Morgan fingerprint density at radius 2 is 1.68 bits per heavy atom. The molecule has 0 spiro atoms. The molecule has 1 aromatic heterocycles. The number of hydrogen-bond acceptors (Lipinski definition) is 3. The first-order valence-corrected chi connectivity index (χ1v) is 6.61. The van der Waals surface area contributed by atoms with Gasteiger partial charge in [-0.25, -0.2) is 9.97 Å². The molecule has 100 valence electrons. The molecule has 0 saturated heterocycles. The van der Waals surface area contributed by atoms with E-state index in [0.717, 1.165) is 16.8 Å². The van der Waals surface area contributed by atoms with Crippen molar-refractivity contribution in [1.29, 1.82) is 0 Å². The first-order chi connectivity index (χ1) is 8.99. The molecule has 0 aliphatic rings. The molecular weight excluding hydrogens is 236 g/mol. The van der Waals surface area contributed by atoms with Crippen LogP contribution in [-0.4, -0.2) is 15.1 Å². The zero-order chi connectivity index (χ0) is 14.0. The highest BCUT2D eigenvalue weighted by molar-refractivity contribution is 5.55. The second-order valence-electron chi connectivity index (χ2n) is 5.19. The summed E-state index contributed by atoms with van der Waals surface area (Å²) in [6, 6.07) is 8.32. The van der Waals surface area contributed by atoms with Gasteiger partial charge in [0.2, 0.25) is 0 Å². The molecular formula is C16H20N2O. The molecule has 2 rings (SSSR count). The molecule has 1 aromatic carbocycles. The molecule has 0 radical (unpaired) electrons. The summed E-state index contributed by atoms with van der Waals surface area (Å²) in [4.78, 5) is 8.80. The summed E-state index contributed by atoms with van der Waals surface area (Å²) in [6.07, 6.45) is 1.18. The maximum absolute atomic E-state index is 9.58. The number of benzene rings is 1. The molecule has 1 unspecified atom stereocenters. The molecule has 0 amide bonds. The first kappa shape index (κ1) is 13.7. The van der Waals surface area contributed by atoms with Crippen LogP contribution in [0.4, 0.5) is 0 Å². The van der Waals surface area contributed by atoms with E-state index in [2.05, 4.69) is 35.9 Å². The summed E-state index contributed by atoms with van der Waals surface area (Å²) in [7, 11) is 0. The highest BCUT2D eigenvalue weighted by Gasteiger charge is 2.09. The monoisotopic (exact) mass is 256 g/mol. The Morgan fingerprint density at radius 3 is 2.16 bits per heavy atom. The fourth-order valence-electron chi connectivity index (χ4n) is 2.04. The van der Waals surface area contributed by atoms with Crippen molar-refractivity contribution in [2.75, 3.05) is 0 Å². The van der Waals surface area contributed by atoms with E-state index >= 15 is 0 Å². The van der Waals surface area contributed by atoms with E-state index in [9.17, 15) is 5.11 Å². The van der Waals surface area contributed by atoms with E-state index in [1.165, 1.54) is 5.56 Å². The lowest BCUT2D eigenvalue weighted by molar-refractivity contribution is 0.197. The highest BCUT2D eigenvalue weighted by Crippen LogP contribution is 2.22. The van der Waals surface area contributed by atoms with Gasteiger partial charge in [-0.15, -0.1) is 0 Å². The first-order valence-electron chi connectivity index (χ1n) is 6.61. The lowest BCUT2D eigenvalue weighted by Crippen LogP contribution is -2.01. The molecule has 3 heteroatoms. The Kier molecular flexibility index (Phi) is 3.96. The minimum absolute atomic E-state index is 0.523. The van der Waals surface area contributed by atoms with Crippen molar-refractivity contribution in [1.82, 2.24) is 9.97 Å². The molecule has 0 bridgehead atoms. The second-order valence-corrected chi connectivity index (χ2v) is 5.19. The smallest absolute Gasteiger partial charge is 0.159 e. The third-order valence-corrected chi connectivity index (χ3v) is 3.30. The minimum Gasteiger partial charge on any atom is -0.389 e. The zero-order valence-corrected chi connectivity index (χ0v) is 11.9. The van der Waals surface area contributed by atoms with Crippen molar-refractivity contribution in [2.24, 2.45) is 0 Å². The van der Waals surface area contributed by atoms with Gasteiger partial charge in [-0.2, -0.15) is 0 Å². The topological polar surface area (TPSA) is 46.0 Å². The average Bonchev–Trinajstić information content (AvgIpc) is 2.38. The van der Waals surface area contributed by atoms with Crippen LogP contribution < -0.4 is 0 Å². The van der Waals surface area contributed by atoms with Crippen molar-refractivity contribution >= 4 is 0 Å². The summed E-state index contributed by atoms with van der Waals surface area (Å²) >= 11 is 0. The quantitative estimate of drug-likeness (QED) is 0.912. The normalized spacial score (nSPS) is 12.7. The zero-order valence-electron chi connectivity index (χ0n) is 11.9. The van der Waals surface area contributed by atoms with Gasteiger partial charge < -0.3 is 5.11 Å². The van der Waals surface area contributed by atoms with Crippen LogP contribution in [0.2, 0.25) is 0 Å². The predicted octanol–water partition coefficient (Wildman–Crippen LogP) is 3.63. The van der Waals surface area contributed by atoms with Gasteiger partial charge in [0.05, 0.1) is 6.10 Å². The van der Waals surface area contributed by atoms with Crippen LogP contribution in [0.3, 0.4) is 0 Å². The molecule has 1 heterocycles. The SMILES string of the molecule is Cc1nc(-c2ccc(C(C)C)cc2)ncc1C(C)O. The van der Waals surface area contributed by atoms with E-state index < -0.39 is 6.10 Å². The number of aromatic nitrogens is 2. The van der Waals surface area contributed by atoms with Gasteiger partial charge in [0.1, 0.15) is 0 Å². The maximum Gasteiger partial charge on any atom is 0.159 e. The van der Waals surface area contributed by atoms with Crippen LogP contribution >= 0.6 is 0 Å². The van der Waals surface area contributed by atoms with E-state index in [-0.39, 0.29) is 0 Å². The Balaban J connectivity index is 2.34. The number of nitrogens with zero attached hydrogens (tertiary/aromatic N) is 2. The summed E-state index contributed by atoms with van der Waals surface area (Å²) in [5, 5.41) is 9.58. The van der Waals surface area contributed by atoms with Crippen molar-refractivity contribution in [3.8, 4) is 11.4 Å². The largest absolute Gasteiger partial charge is 0.389 e. The van der Waals surface area contributed by atoms with Crippen molar-refractivity contribution in [2.45, 2.75) is 39.7 Å². The van der Waals surface area contributed by atoms with Crippen molar-refractivity contribution in [3.05, 3.63) is 47.3 Å². The van der Waals surface area contributed by atoms with E-state index in [0.29, 0.717) is 11.7 Å². The predicted molar refractivity (Wildman–Crippen MR) is 76.9 cm³/mol. The van der Waals surface area contributed by atoms with Crippen LogP contribution in [0.15, 0.2) is 30.5 Å². The van der Waals surface area contributed by atoms with Crippen molar-refractivity contribution in [3.63, 3.8) is 0 Å². The summed E-state index contributed by atoms with van der Waals surface area (Å²) < 4.78 is 0. The van der Waals surface area contributed by atoms with Gasteiger partial charge in [0.15, 0.2) is 5.82 Å². The van der Waals surface area contributed by atoms with E-state index in [4.69, 9.17) is 0 Å². The Morgan fingerprint density at radius 1 is 1.05 bits per heavy atom. The fraction of sp³-hybridized carbons (Fsp3) is 0.375. The Labute approximate surface area is 114 Å². The van der Waals surface area contributed by atoms with Crippen LogP contribution in [-0.2, 0) is 0 Å². The van der Waals surface area contributed by atoms with Gasteiger partial charge in [0, 0.05) is 23.0 Å². The van der Waals surface area contributed by atoms with Crippen LogP contribution in [0.25, 0.3) is 11.4 Å². The molecule has 0 aliphatic heterocycles. The second kappa shape index (κ2) is 5.49. The molecule has 0 saturated carbocycles. The fourth-order valence-corrected chi connectivity index (χ4v) is 2.04. The average molecular weight is 256 g/mol. The van der Waals surface area contributed by atoms with Crippen LogP contribution in [0.1, 0.15) is 49.6 Å². The molecule has 1 atom stereocenters.